The summed E-state index contributed by atoms with van der Waals surface area (Å²) in [6, 6.07) is 0.178. The predicted molar refractivity (Wildman–Crippen MR) is 45.8 cm³/mol. The average Bonchev–Trinajstić information content (AvgIpc) is 1.98. The Hall–Kier alpha value is -0.520. The van der Waals surface area contributed by atoms with E-state index in [4.69, 9.17) is 5.73 Å². The summed E-state index contributed by atoms with van der Waals surface area (Å²) in [5.41, 5.74) is 9.67. The van der Waals surface area contributed by atoms with Crippen LogP contribution >= 0.6 is 0 Å². The molecule has 2 N–H and O–H groups in total. The van der Waals surface area contributed by atoms with E-state index in [0.29, 0.717) is 0 Å². The zero-order chi connectivity index (χ0) is 7.98. The summed E-state index contributed by atoms with van der Waals surface area (Å²) in [4.78, 5) is 0. The highest BCUT2D eigenvalue weighted by atomic mass is 14.6. The van der Waals surface area contributed by atoms with Gasteiger partial charge in [0.15, 0.2) is 0 Å². The van der Waals surface area contributed by atoms with Crippen LogP contribution < -0.4 is 5.73 Å². The Morgan fingerprint density at radius 1 is 1.70 bits per heavy atom. The van der Waals surface area contributed by atoms with Crippen LogP contribution in [0.2, 0.25) is 0 Å². The molecule has 0 saturated carbocycles. The monoisotopic (exact) mass is 139 g/mol. The molecule has 0 aliphatic rings. The molecular formula is C9H17N. The van der Waals surface area contributed by atoms with Crippen LogP contribution in [-0.2, 0) is 0 Å². The molecule has 0 heterocycles. The fourth-order valence-corrected chi connectivity index (χ4v) is 0.772. The van der Waals surface area contributed by atoms with Gasteiger partial charge in [-0.05, 0) is 18.9 Å². The predicted octanol–water partition coefficient (Wildman–Crippen LogP) is 2.24. The topological polar surface area (TPSA) is 26.0 Å². The Morgan fingerprint density at radius 3 is 2.70 bits per heavy atom. The first-order valence-electron chi connectivity index (χ1n) is 3.84. The Kier molecular flexibility index (Phi) is 5.00. The van der Waals surface area contributed by atoms with Crippen molar-refractivity contribution < 1.29 is 0 Å². The van der Waals surface area contributed by atoms with Crippen molar-refractivity contribution in [2.45, 2.75) is 39.2 Å². The average molecular weight is 139 g/mol. The van der Waals surface area contributed by atoms with E-state index in [-0.39, 0.29) is 6.04 Å². The van der Waals surface area contributed by atoms with Crippen molar-refractivity contribution in [3.05, 3.63) is 17.9 Å². The largest absolute Gasteiger partial charge is 0.324 e. The second-order valence-corrected chi connectivity index (χ2v) is 2.61. The van der Waals surface area contributed by atoms with Crippen LogP contribution in [0.4, 0.5) is 0 Å². The summed E-state index contributed by atoms with van der Waals surface area (Å²) in [6.45, 7) is 7.69. The van der Waals surface area contributed by atoms with Crippen molar-refractivity contribution in [3.63, 3.8) is 0 Å². The fourth-order valence-electron chi connectivity index (χ4n) is 0.772. The lowest BCUT2D eigenvalue weighted by molar-refractivity contribution is 0.634. The van der Waals surface area contributed by atoms with E-state index in [9.17, 15) is 0 Å². The van der Waals surface area contributed by atoms with Gasteiger partial charge in [-0.15, -0.1) is 5.73 Å². The molecule has 0 bridgehead atoms. The van der Waals surface area contributed by atoms with Crippen molar-refractivity contribution in [2.75, 3.05) is 0 Å². The van der Waals surface area contributed by atoms with Gasteiger partial charge < -0.3 is 5.73 Å². The highest BCUT2D eigenvalue weighted by Crippen LogP contribution is 2.04. The first kappa shape index (κ1) is 9.48. The number of nitrogens with two attached hydrogens (primary N) is 1. The van der Waals surface area contributed by atoms with E-state index in [2.05, 4.69) is 19.2 Å². The van der Waals surface area contributed by atoms with Gasteiger partial charge in [-0.3, -0.25) is 0 Å². The lowest BCUT2D eigenvalue weighted by Crippen LogP contribution is -2.20. The number of hydrogen-bond acceptors (Lipinski definition) is 1. The Bertz CT molecular complexity index is 132. The molecular weight excluding hydrogens is 122 g/mol. The van der Waals surface area contributed by atoms with Crippen molar-refractivity contribution in [3.8, 4) is 0 Å². The van der Waals surface area contributed by atoms with E-state index >= 15 is 0 Å². The second-order valence-electron chi connectivity index (χ2n) is 2.61. The van der Waals surface area contributed by atoms with Gasteiger partial charge in [0.05, 0.1) is 0 Å². The quantitative estimate of drug-likeness (QED) is 0.594. The minimum Gasteiger partial charge on any atom is -0.324 e. The minimum absolute atomic E-state index is 0.178. The summed E-state index contributed by atoms with van der Waals surface area (Å²) in [7, 11) is 0. The van der Waals surface area contributed by atoms with Crippen molar-refractivity contribution >= 4 is 0 Å². The molecule has 0 aromatic carbocycles. The highest BCUT2D eigenvalue weighted by molar-refractivity contribution is 5.03. The van der Waals surface area contributed by atoms with E-state index < -0.39 is 0 Å². The smallest absolute Gasteiger partial charge is 0.0326 e. The molecule has 0 saturated heterocycles. The second kappa shape index (κ2) is 5.28. The lowest BCUT2D eigenvalue weighted by Gasteiger charge is -2.08. The third-order valence-corrected chi connectivity index (χ3v) is 1.70. The van der Waals surface area contributed by atoms with Crippen LogP contribution in [-0.4, -0.2) is 6.04 Å². The van der Waals surface area contributed by atoms with Gasteiger partial charge in [0.2, 0.25) is 0 Å². The molecule has 1 atom stereocenters. The van der Waals surface area contributed by atoms with Gasteiger partial charge in [0.25, 0.3) is 0 Å². The first-order valence-corrected chi connectivity index (χ1v) is 3.84. The van der Waals surface area contributed by atoms with Crippen LogP contribution in [0.15, 0.2) is 17.9 Å². The molecule has 0 rings (SSSR count). The molecule has 0 aromatic heterocycles. The molecule has 1 unspecified atom stereocenters. The minimum atomic E-state index is 0.178. The third kappa shape index (κ3) is 3.49. The van der Waals surface area contributed by atoms with Gasteiger partial charge in [-0.2, -0.15) is 0 Å². The van der Waals surface area contributed by atoms with E-state index in [0.717, 1.165) is 12.0 Å². The zero-order valence-electron chi connectivity index (χ0n) is 6.98. The fraction of sp³-hybridized carbons (Fsp3) is 0.667. The lowest BCUT2D eigenvalue weighted by atomic mass is 10.0. The van der Waals surface area contributed by atoms with Crippen LogP contribution in [0.1, 0.15) is 33.1 Å². The zero-order valence-corrected chi connectivity index (χ0v) is 6.98. The van der Waals surface area contributed by atoms with Gasteiger partial charge in [0.1, 0.15) is 0 Å². The maximum absolute atomic E-state index is 5.77. The third-order valence-electron chi connectivity index (χ3n) is 1.70. The molecule has 0 radical (unpaired) electrons. The van der Waals surface area contributed by atoms with Crippen LogP contribution in [0.3, 0.4) is 0 Å². The summed E-state index contributed by atoms with van der Waals surface area (Å²) >= 11 is 0. The normalized spacial score (nSPS) is 12.3. The Morgan fingerprint density at radius 2 is 2.30 bits per heavy atom. The van der Waals surface area contributed by atoms with Crippen LogP contribution in [0, 0.1) is 0 Å². The molecule has 1 heteroatoms. The van der Waals surface area contributed by atoms with Gasteiger partial charge >= 0.3 is 0 Å². The van der Waals surface area contributed by atoms with Gasteiger partial charge in [-0.25, -0.2) is 0 Å². The molecule has 0 amide bonds. The molecule has 1 nitrogen and oxygen atoms in total. The van der Waals surface area contributed by atoms with Crippen molar-refractivity contribution in [1.29, 1.82) is 0 Å². The van der Waals surface area contributed by atoms with E-state index in [1.807, 2.05) is 6.92 Å². The standard InChI is InChI=1S/C9H17N/c1-4-6-7-9(10)8(3)5-2/h9H,2,4,6-7,10H2,1,3H3. The summed E-state index contributed by atoms with van der Waals surface area (Å²) < 4.78 is 0. The molecule has 0 spiro atoms. The Balaban J connectivity index is 3.62. The molecule has 58 valence electrons. The summed E-state index contributed by atoms with van der Waals surface area (Å²) in [6.07, 6.45) is 3.46. The van der Waals surface area contributed by atoms with E-state index in [1.54, 1.807) is 0 Å². The number of unbranched alkanes of at least 4 members (excludes halogenated alkanes) is 1. The number of hydrogen-bond donors (Lipinski definition) is 1. The first-order chi connectivity index (χ1) is 4.72. The summed E-state index contributed by atoms with van der Waals surface area (Å²) in [5, 5.41) is 0. The summed E-state index contributed by atoms with van der Waals surface area (Å²) in [5.74, 6) is 0. The molecule has 0 aromatic rings. The molecule has 10 heavy (non-hydrogen) atoms. The van der Waals surface area contributed by atoms with E-state index in [1.165, 1.54) is 12.8 Å². The van der Waals surface area contributed by atoms with Gasteiger partial charge in [-0.1, -0.05) is 26.3 Å². The maximum Gasteiger partial charge on any atom is 0.0326 e. The molecule has 0 fully saturated rings. The molecule has 0 aliphatic carbocycles. The SMILES string of the molecule is C=C=C(C)C(N)CCCC. The van der Waals surface area contributed by atoms with Crippen molar-refractivity contribution in [2.24, 2.45) is 5.73 Å². The van der Waals surface area contributed by atoms with Crippen LogP contribution in [0.5, 0.6) is 0 Å². The maximum atomic E-state index is 5.77. The van der Waals surface area contributed by atoms with Gasteiger partial charge in [0, 0.05) is 6.04 Å². The molecule has 0 aliphatic heterocycles. The van der Waals surface area contributed by atoms with Crippen LogP contribution in [0.25, 0.3) is 0 Å². The highest BCUT2D eigenvalue weighted by Gasteiger charge is 2.01. The van der Waals surface area contributed by atoms with Crippen molar-refractivity contribution in [1.82, 2.24) is 0 Å². The number of rotatable bonds is 4. The Labute approximate surface area is 63.6 Å².